The number of nitrogens with zero attached hydrogens (tertiary/aromatic N) is 1. The van der Waals surface area contributed by atoms with Crippen LogP contribution in [0.3, 0.4) is 0 Å². The van der Waals surface area contributed by atoms with Gasteiger partial charge < -0.3 is 10.6 Å². The first kappa shape index (κ1) is 14.1. The molecule has 0 saturated carbocycles. The first-order chi connectivity index (χ1) is 8.91. The van der Waals surface area contributed by atoms with Crippen molar-refractivity contribution < 1.29 is 9.59 Å². The predicted octanol–water partition coefficient (Wildman–Crippen LogP) is 1.95. The van der Waals surface area contributed by atoms with Crippen LogP contribution in [0, 0.1) is 18.8 Å². The fraction of sp³-hybridized carbons (Fsp3) is 0.429. The lowest BCUT2D eigenvalue weighted by Gasteiger charge is -2.17. The maximum Gasteiger partial charge on any atom is 0.254 e. The number of primary amides is 1. The van der Waals surface area contributed by atoms with Crippen LogP contribution in [0.4, 0.5) is 0 Å². The van der Waals surface area contributed by atoms with Crippen LogP contribution >= 0.6 is 15.9 Å². The van der Waals surface area contributed by atoms with E-state index in [-0.39, 0.29) is 23.7 Å². The first-order valence-corrected chi connectivity index (χ1v) is 7.04. The average molecular weight is 325 g/mol. The molecule has 1 aromatic carbocycles. The van der Waals surface area contributed by atoms with Crippen molar-refractivity contribution >= 4 is 27.7 Å². The van der Waals surface area contributed by atoms with Crippen molar-refractivity contribution in [3.63, 3.8) is 0 Å². The van der Waals surface area contributed by atoms with E-state index in [1.54, 1.807) is 4.90 Å². The molecule has 2 amide bonds. The molecule has 0 radical (unpaired) electrons. The Hall–Kier alpha value is -1.36. The summed E-state index contributed by atoms with van der Waals surface area (Å²) in [5, 5.41) is 0. The number of amides is 2. The van der Waals surface area contributed by atoms with Gasteiger partial charge in [-0.15, -0.1) is 0 Å². The van der Waals surface area contributed by atoms with Gasteiger partial charge in [0.15, 0.2) is 0 Å². The van der Waals surface area contributed by atoms with E-state index in [9.17, 15) is 9.59 Å². The van der Waals surface area contributed by atoms with Crippen molar-refractivity contribution in [2.75, 3.05) is 13.1 Å². The molecule has 0 spiro atoms. The monoisotopic (exact) mass is 324 g/mol. The summed E-state index contributed by atoms with van der Waals surface area (Å²) in [5.41, 5.74) is 6.95. The fourth-order valence-electron chi connectivity index (χ4n) is 2.51. The van der Waals surface area contributed by atoms with Crippen LogP contribution in [0.2, 0.25) is 0 Å². The van der Waals surface area contributed by atoms with Gasteiger partial charge in [0.1, 0.15) is 0 Å². The molecule has 1 heterocycles. The molecule has 4 nitrogen and oxygen atoms in total. The third kappa shape index (κ3) is 2.66. The topological polar surface area (TPSA) is 63.4 Å². The number of likely N-dealkylation sites (tertiary alicyclic amines) is 1. The van der Waals surface area contributed by atoms with Gasteiger partial charge in [0.25, 0.3) is 5.91 Å². The molecule has 2 N–H and O–H groups in total. The van der Waals surface area contributed by atoms with E-state index in [1.807, 2.05) is 32.0 Å². The number of carbonyl (C=O) groups is 2. The summed E-state index contributed by atoms with van der Waals surface area (Å²) in [6.45, 7) is 4.86. The van der Waals surface area contributed by atoms with E-state index < -0.39 is 0 Å². The van der Waals surface area contributed by atoms with Gasteiger partial charge in [-0.1, -0.05) is 28.9 Å². The van der Waals surface area contributed by atoms with Gasteiger partial charge in [0.05, 0.1) is 5.92 Å². The van der Waals surface area contributed by atoms with Crippen molar-refractivity contribution in [3.8, 4) is 0 Å². The second-order valence-corrected chi connectivity index (χ2v) is 5.96. The summed E-state index contributed by atoms with van der Waals surface area (Å²) in [6.07, 6.45) is 0. The number of hydrogen-bond donors (Lipinski definition) is 1. The van der Waals surface area contributed by atoms with Crippen LogP contribution in [0.15, 0.2) is 22.7 Å². The van der Waals surface area contributed by atoms with Crippen LogP contribution in [0.5, 0.6) is 0 Å². The predicted molar refractivity (Wildman–Crippen MR) is 76.6 cm³/mol. The van der Waals surface area contributed by atoms with E-state index >= 15 is 0 Å². The number of nitrogens with two attached hydrogens (primary N) is 1. The Balaban J connectivity index is 2.22. The highest BCUT2D eigenvalue weighted by Gasteiger charge is 2.36. The Kier molecular flexibility index (Phi) is 3.94. The van der Waals surface area contributed by atoms with E-state index in [0.29, 0.717) is 18.7 Å². The quantitative estimate of drug-likeness (QED) is 0.903. The van der Waals surface area contributed by atoms with Crippen LogP contribution in [-0.2, 0) is 4.79 Å². The van der Waals surface area contributed by atoms with Gasteiger partial charge in [0, 0.05) is 23.1 Å². The molecule has 1 aliphatic heterocycles. The van der Waals surface area contributed by atoms with Gasteiger partial charge in [-0.25, -0.2) is 0 Å². The Morgan fingerprint density at radius 2 is 2.05 bits per heavy atom. The van der Waals surface area contributed by atoms with Gasteiger partial charge >= 0.3 is 0 Å². The molecular formula is C14H17BrN2O2. The molecule has 102 valence electrons. The van der Waals surface area contributed by atoms with Crippen LogP contribution < -0.4 is 5.73 Å². The number of rotatable bonds is 2. The standard InChI is InChI=1S/C14H17BrN2O2/c1-8-6-17(7-11(8)13(16)18)14(19)10-4-3-5-12(15)9(10)2/h3-5,8,11H,6-7H2,1-2H3,(H2,16,18)/t8-,11-/m1/s1. The molecule has 1 fully saturated rings. The number of benzene rings is 1. The van der Waals surface area contributed by atoms with Crippen molar-refractivity contribution in [3.05, 3.63) is 33.8 Å². The zero-order valence-corrected chi connectivity index (χ0v) is 12.6. The van der Waals surface area contributed by atoms with E-state index in [4.69, 9.17) is 5.73 Å². The molecule has 2 atom stereocenters. The first-order valence-electron chi connectivity index (χ1n) is 6.25. The van der Waals surface area contributed by atoms with E-state index in [0.717, 1.165) is 10.0 Å². The Morgan fingerprint density at radius 1 is 1.37 bits per heavy atom. The summed E-state index contributed by atoms with van der Waals surface area (Å²) in [5.74, 6) is -0.478. The zero-order valence-electron chi connectivity index (χ0n) is 11.0. The summed E-state index contributed by atoms with van der Waals surface area (Å²) < 4.78 is 0.914. The summed E-state index contributed by atoms with van der Waals surface area (Å²) in [6, 6.07) is 5.56. The van der Waals surface area contributed by atoms with Gasteiger partial charge in [-0.2, -0.15) is 0 Å². The molecule has 1 aromatic rings. The third-order valence-electron chi connectivity index (χ3n) is 3.76. The highest BCUT2D eigenvalue weighted by molar-refractivity contribution is 9.10. The summed E-state index contributed by atoms with van der Waals surface area (Å²) in [7, 11) is 0. The normalized spacial score (nSPS) is 22.6. The Labute approximate surface area is 121 Å². The van der Waals surface area contributed by atoms with Gasteiger partial charge in [-0.05, 0) is 30.5 Å². The van der Waals surface area contributed by atoms with Crippen LogP contribution in [-0.4, -0.2) is 29.8 Å². The molecule has 19 heavy (non-hydrogen) atoms. The second kappa shape index (κ2) is 5.33. The SMILES string of the molecule is Cc1c(Br)cccc1C(=O)N1C[C@@H](C)[C@H](C(N)=O)C1. The Bertz CT molecular complexity index is 530. The van der Waals surface area contributed by atoms with Crippen LogP contribution in [0.1, 0.15) is 22.8 Å². The lowest BCUT2D eigenvalue weighted by Crippen LogP contribution is -2.32. The maximum atomic E-state index is 12.5. The molecule has 0 bridgehead atoms. The highest BCUT2D eigenvalue weighted by atomic mass is 79.9. The van der Waals surface area contributed by atoms with Crippen LogP contribution in [0.25, 0.3) is 0 Å². The van der Waals surface area contributed by atoms with E-state index in [1.165, 1.54) is 0 Å². The summed E-state index contributed by atoms with van der Waals surface area (Å²) in [4.78, 5) is 25.5. The minimum atomic E-state index is -0.325. The maximum absolute atomic E-state index is 12.5. The van der Waals surface area contributed by atoms with E-state index in [2.05, 4.69) is 15.9 Å². The minimum Gasteiger partial charge on any atom is -0.369 e. The molecular weight excluding hydrogens is 308 g/mol. The number of halogens is 1. The third-order valence-corrected chi connectivity index (χ3v) is 4.62. The van der Waals surface area contributed by atoms with Gasteiger partial charge in [0.2, 0.25) is 5.91 Å². The van der Waals surface area contributed by atoms with Crippen molar-refractivity contribution in [2.45, 2.75) is 13.8 Å². The molecule has 0 aromatic heterocycles. The smallest absolute Gasteiger partial charge is 0.254 e. The Morgan fingerprint density at radius 3 is 2.63 bits per heavy atom. The zero-order chi connectivity index (χ0) is 14.2. The largest absolute Gasteiger partial charge is 0.369 e. The molecule has 1 saturated heterocycles. The van der Waals surface area contributed by atoms with Crippen molar-refractivity contribution in [1.29, 1.82) is 0 Å². The molecule has 0 unspecified atom stereocenters. The highest BCUT2D eigenvalue weighted by Crippen LogP contribution is 2.26. The average Bonchev–Trinajstić information content (AvgIpc) is 2.74. The fourth-order valence-corrected chi connectivity index (χ4v) is 2.88. The van der Waals surface area contributed by atoms with Crippen molar-refractivity contribution in [1.82, 2.24) is 4.90 Å². The number of carbonyl (C=O) groups excluding carboxylic acids is 2. The molecule has 5 heteroatoms. The molecule has 1 aliphatic rings. The van der Waals surface area contributed by atoms with Crippen molar-refractivity contribution in [2.24, 2.45) is 17.6 Å². The summed E-state index contributed by atoms with van der Waals surface area (Å²) >= 11 is 3.43. The second-order valence-electron chi connectivity index (χ2n) is 5.11. The molecule has 2 rings (SSSR count). The minimum absolute atomic E-state index is 0.0330. The lowest BCUT2D eigenvalue weighted by atomic mass is 9.98. The molecule has 0 aliphatic carbocycles. The van der Waals surface area contributed by atoms with Gasteiger partial charge in [-0.3, -0.25) is 9.59 Å². The number of hydrogen-bond acceptors (Lipinski definition) is 2. The lowest BCUT2D eigenvalue weighted by molar-refractivity contribution is -0.122.